The van der Waals surface area contributed by atoms with Crippen molar-refractivity contribution in [2.24, 2.45) is 0 Å². The summed E-state index contributed by atoms with van der Waals surface area (Å²) in [5.74, 6) is 0.350. The number of carbonyl (C=O) groups excluding carboxylic acids is 2. The van der Waals surface area contributed by atoms with E-state index in [-0.39, 0.29) is 24.3 Å². The maximum atomic E-state index is 12.5. The molecule has 160 valence electrons. The van der Waals surface area contributed by atoms with E-state index in [2.05, 4.69) is 31.5 Å². The Hall–Kier alpha value is -3.44. The second-order valence-electron chi connectivity index (χ2n) is 7.78. The Balaban J connectivity index is 1.47. The van der Waals surface area contributed by atoms with Crippen LogP contribution in [0, 0.1) is 0 Å². The molecule has 0 radical (unpaired) electrons. The van der Waals surface area contributed by atoms with Crippen LogP contribution in [0.25, 0.3) is 0 Å². The fourth-order valence-corrected chi connectivity index (χ4v) is 3.27. The molecule has 5 heteroatoms. The Kier molecular flexibility index (Phi) is 7.96. The number of amides is 1. The van der Waals surface area contributed by atoms with E-state index in [1.54, 1.807) is 36.4 Å². The van der Waals surface area contributed by atoms with Crippen molar-refractivity contribution < 1.29 is 19.2 Å². The van der Waals surface area contributed by atoms with E-state index in [0.29, 0.717) is 23.4 Å². The van der Waals surface area contributed by atoms with Crippen molar-refractivity contribution in [1.82, 2.24) is 5.32 Å². The third-order valence-corrected chi connectivity index (χ3v) is 5.21. The van der Waals surface area contributed by atoms with Crippen LogP contribution in [0.15, 0.2) is 84.9 Å². The standard InChI is InChI=1S/C26H28N2O3/c1-28(2)23(17-20-9-5-3-6-10-20)18-27-25(29)19-31-24-15-13-22(14-16-24)26(30)21-11-7-4-8-12-21/h3-16,23H,17-19H2,1-2H3,(H,27,29)/p+1/t23-/m1/s1. The van der Waals surface area contributed by atoms with Crippen molar-refractivity contribution in [2.45, 2.75) is 12.5 Å². The smallest absolute Gasteiger partial charge is 0.258 e. The molecular weight excluding hydrogens is 388 g/mol. The molecule has 0 aromatic heterocycles. The van der Waals surface area contributed by atoms with Crippen LogP contribution in [0.2, 0.25) is 0 Å². The van der Waals surface area contributed by atoms with E-state index in [9.17, 15) is 9.59 Å². The molecule has 0 aliphatic heterocycles. The van der Waals surface area contributed by atoms with E-state index in [1.165, 1.54) is 10.5 Å². The first-order valence-electron chi connectivity index (χ1n) is 10.5. The van der Waals surface area contributed by atoms with Crippen LogP contribution in [-0.2, 0) is 11.2 Å². The van der Waals surface area contributed by atoms with Gasteiger partial charge in [-0.25, -0.2) is 0 Å². The van der Waals surface area contributed by atoms with Crippen LogP contribution in [0.5, 0.6) is 5.75 Å². The van der Waals surface area contributed by atoms with Crippen LogP contribution >= 0.6 is 0 Å². The number of ether oxygens (including phenoxy) is 1. The van der Waals surface area contributed by atoms with Gasteiger partial charge in [0.15, 0.2) is 12.4 Å². The number of likely N-dealkylation sites (N-methyl/N-ethyl adjacent to an activating group) is 1. The highest BCUT2D eigenvalue weighted by Gasteiger charge is 2.17. The maximum absolute atomic E-state index is 12.5. The summed E-state index contributed by atoms with van der Waals surface area (Å²) in [5, 5.41) is 2.97. The Morgan fingerprint density at radius 3 is 2.03 bits per heavy atom. The van der Waals surface area contributed by atoms with Crippen molar-refractivity contribution >= 4 is 11.7 Å². The number of hydrogen-bond acceptors (Lipinski definition) is 3. The molecule has 0 fully saturated rings. The number of benzene rings is 3. The van der Waals surface area contributed by atoms with Gasteiger partial charge >= 0.3 is 0 Å². The van der Waals surface area contributed by atoms with Crippen LogP contribution in [0.1, 0.15) is 21.5 Å². The molecule has 3 aromatic rings. The quantitative estimate of drug-likeness (QED) is 0.497. The Morgan fingerprint density at radius 2 is 1.42 bits per heavy atom. The first-order chi connectivity index (χ1) is 15.0. The van der Waals surface area contributed by atoms with Crippen molar-refractivity contribution in [3.8, 4) is 5.75 Å². The zero-order chi connectivity index (χ0) is 22.1. The predicted octanol–water partition coefficient (Wildman–Crippen LogP) is 2.17. The second-order valence-corrected chi connectivity index (χ2v) is 7.78. The molecule has 0 saturated carbocycles. The topological polar surface area (TPSA) is 59.8 Å². The third kappa shape index (κ3) is 6.79. The van der Waals surface area contributed by atoms with Gasteiger partial charge in [-0.15, -0.1) is 0 Å². The SMILES string of the molecule is C[NH+](C)[C@@H](CNC(=O)COc1ccc(C(=O)c2ccccc2)cc1)Cc1ccccc1. The molecule has 31 heavy (non-hydrogen) atoms. The highest BCUT2D eigenvalue weighted by molar-refractivity contribution is 6.08. The van der Waals surface area contributed by atoms with Crippen molar-refractivity contribution in [3.05, 3.63) is 102 Å². The molecule has 0 bridgehead atoms. The Bertz CT molecular complexity index is 971. The molecule has 0 aliphatic carbocycles. The lowest BCUT2D eigenvalue weighted by molar-refractivity contribution is -0.884. The Morgan fingerprint density at radius 1 is 0.839 bits per heavy atom. The summed E-state index contributed by atoms with van der Waals surface area (Å²) in [7, 11) is 4.18. The van der Waals surface area contributed by atoms with Crippen LogP contribution in [0.3, 0.4) is 0 Å². The van der Waals surface area contributed by atoms with Gasteiger partial charge in [-0.1, -0.05) is 60.7 Å². The molecule has 0 spiro atoms. The zero-order valence-electron chi connectivity index (χ0n) is 18.0. The van der Waals surface area contributed by atoms with E-state index in [0.717, 1.165) is 6.42 Å². The summed E-state index contributed by atoms with van der Waals surface area (Å²) in [6, 6.07) is 26.5. The van der Waals surface area contributed by atoms with Crippen molar-refractivity contribution in [2.75, 3.05) is 27.2 Å². The van der Waals surface area contributed by atoms with E-state index >= 15 is 0 Å². The number of rotatable bonds is 10. The highest BCUT2D eigenvalue weighted by atomic mass is 16.5. The molecule has 3 rings (SSSR count). The summed E-state index contributed by atoms with van der Waals surface area (Å²) < 4.78 is 5.59. The van der Waals surface area contributed by atoms with Gasteiger partial charge in [0.25, 0.3) is 5.91 Å². The minimum Gasteiger partial charge on any atom is -0.484 e. The lowest BCUT2D eigenvalue weighted by atomic mass is 10.0. The van der Waals surface area contributed by atoms with E-state index in [4.69, 9.17) is 4.74 Å². The summed E-state index contributed by atoms with van der Waals surface area (Å²) in [5.41, 5.74) is 2.48. The molecule has 0 saturated heterocycles. The average Bonchev–Trinajstić information content (AvgIpc) is 2.81. The second kappa shape index (κ2) is 11.1. The molecular formula is C26H29N2O3+. The largest absolute Gasteiger partial charge is 0.484 e. The van der Waals surface area contributed by atoms with Crippen LogP contribution in [-0.4, -0.2) is 45.0 Å². The normalized spacial score (nSPS) is 11.7. The van der Waals surface area contributed by atoms with Gasteiger partial charge in [-0.3, -0.25) is 9.59 Å². The number of nitrogens with one attached hydrogen (secondary N) is 2. The first kappa shape index (κ1) is 22.2. The van der Waals surface area contributed by atoms with Gasteiger partial charge in [-0.2, -0.15) is 0 Å². The molecule has 2 N–H and O–H groups in total. The summed E-state index contributed by atoms with van der Waals surface area (Å²) in [6.45, 7) is 0.511. The van der Waals surface area contributed by atoms with Gasteiger partial charge in [-0.05, 0) is 29.8 Å². The van der Waals surface area contributed by atoms with E-state index < -0.39 is 0 Å². The first-order valence-corrected chi connectivity index (χ1v) is 10.5. The third-order valence-electron chi connectivity index (χ3n) is 5.21. The average molecular weight is 418 g/mol. The molecule has 0 unspecified atom stereocenters. The van der Waals surface area contributed by atoms with Gasteiger partial charge in [0.1, 0.15) is 11.8 Å². The molecule has 0 aliphatic rings. The molecule has 3 aromatic carbocycles. The van der Waals surface area contributed by atoms with Crippen molar-refractivity contribution in [1.29, 1.82) is 0 Å². The van der Waals surface area contributed by atoms with Crippen molar-refractivity contribution in [3.63, 3.8) is 0 Å². The molecule has 5 nitrogen and oxygen atoms in total. The zero-order valence-corrected chi connectivity index (χ0v) is 18.0. The lowest BCUT2D eigenvalue weighted by Gasteiger charge is -2.22. The van der Waals surface area contributed by atoms with Crippen LogP contribution < -0.4 is 15.0 Å². The lowest BCUT2D eigenvalue weighted by Crippen LogP contribution is -3.11. The number of quaternary nitrogens is 1. The summed E-state index contributed by atoms with van der Waals surface area (Å²) in [4.78, 5) is 26.0. The van der Waals surface area contributed by atoms with Crippen LogP contribution in [0.4, 0.5) is 0 Å². The molecule has 1 atom stereocenters. The van der Waals surface area contributed by atoms with E-state index in [1.807, 2.05) is 36.4 Å². The van der Waals surface area contributed by atoms with Gasteiger partial charge in [0.2, 0.25) is 0 Å². The summed E-state index contributed by atoms with van der Waals surface area (Å²) in [6.07, 6.45) is 0.890. The maximum Gasteiger partial charge on any atom is 0.258 e. The van der Waals surface area contributed by atoms with Gasteiger partial charge in [0, 0.05) is 17.5 Å². The highest BCUT2D eigenvalue weighted by Crippen LogP contribution is 2.15. The fraction of sp³-hybridized carbons (Fsp3) is 0.231. The molecule has 0 heterocycles. The summed E-state index contributed by atoms with van der Waals surface area (Å²) >= 11 is 0. The monoisotopic (exact) mass is 417 g/mol. The number of hydrogen-bond donors (Lipinski definition) is 2. The molecule has 1 amide bonds. The minimum atomic E-state index is -0.163. The van der Waals surface area contributed by atoms with Gasteiger partial charge in [0.05, 0.1) is 20.6 Å². The number of carbonyl (C=O) groups is 2. The minimum absolute atomic E-state index is 0.0412. The number of ketones is 1. The van der Waals surface area contributed by atoms with Gasteiger partial charge < -0.3 is 15.0 Å². The fourth-order valence-electron chi connectivity index (χ4n) is 3.27. The Labute approximate surface area is 183 Å². The predicted molar refractivity (Wildman–Crippen MR) is 122 cm³/mol.